The Kier molecular flexibility index (Phi) is 5.64. The first-order valence-corrected chi connectivity index (χ1v) is 4.39. The van der Waals surface area contributed by atoms with Crippen LogP contribution in [0, 0.1) is 5.92 Å². The van der Waals surface area contributed by atoms with Gasteiger partial charge in [0.15, 0.2) is 0 Å². The fourth-order valence-corrected chi connectivity index (χ4v) is 1.10. The van der Waals surface area contributed by atoms with Crippen LogP contribution in [0.5, 0.6) is 0 Å². The standard InChI is InChI=1S/C10H18O2/c1-4-8(2)7-10(5-6-11)9(3)12/h10-11H,2,4-7H2,1,3H3. The SMILES string of the molecule is C=C(CC)CC(CCO)C(C)=O. The highest BCUT2D eigenvalue weighted by Crippen LogP contribution is 2.16. The Labute approximate surface area is 74.3 Å². The summed E-state index contributed by atoms with van der Waals surface area (Å²) >= 11 is 0. The highest BCUT2D eigenvalue weighted by atomic mass is 16.3. The van der Waals surface area contributed by atoms with Gasteiger partial charge in [0.1, 0.15) is 5.78 Å². The molecule has 0 bridgehead atoms. The minimum atomic E-state index is -0.0255. The molecule has 12 heavy (non-hydrogen) atoms. The molecule has 0 spiro atoms. The molecule has 0 aromatic heterocycles. The molecule has 0 fully saturated rings. The third-order valence-electron chi connectivity index (χ3n) is 2.09. The average Bonchev–Trinajstić information content (AvgIpc) is 2.03. The minimum absolute atomic E-state index is 0.0255. The highest BCUT2D eigenvalue weighted by molar-refractivity contribution is 5.78. The topological polar surface area (TPSA) is 37.3 Å². The van der Waals surface area contributed by atoms with Crippen molar-refractivity contribution in [3.8, 4) is 0 Å². The van der Waals surface area contributed by atoms with E-state index in [1.54, 1.807) is 6.92 Å². The number of aliphatic hydroxyl groups excluding tert-OH is 1. The quantitative estimate of drug-likeness (QED) is 0.618. The molecular formula is C10H18O2. The number of allylic oxidation sites excluding steroid dienone is 1. The molecule has 1 N–H and O–H groups in total. The summed E-state index contributed by atoms with van der Waals surface area (Å²) in [5, 5.41) is 8.69. The van der Waals surface area contributed by atoms with E-state index >= 15 is 0 Å². The normalized spacial score (nSPS) is 12.6. The number of aliphatic hydroxyl groups is 1. The molecule has 0 amide bonds. The Bertz CT molecular complexity index is 159. The second kappa shape index (κ2) is 5.95. The van der Waals surface area contributed by atoms with E-state index in [-0.39, 0.29) is 18.3 Å². The Morgan fingerprint density at radius 3 is 2.50 bits per heavy atom. The second-order valence-corrected chi connectivity index (χ2v) is 3.13. The second-order valence-electron chi connectivity index (χ2n) is 3.13. The predicted molar refractivity (Wildman–Crippen MR) is 49.9 cm³/mol. The van der Waals surface area contributed by atoms with E-state index in [0.29, 0.717) is 6.42 Å². The average molecular weight is 170 g/mol. The third-order valence-corrected chi connectivity index (χ3v) is 2.09. The molecule has 0 aliphatic carbocycles. The molecule has 2 nitrogen and oxygen atoms in total. The van der Waals surface area contributed by atoms with Crippen LogP contribution in [0.15, 0.2) is 12.2 Å². The van der Waals surface area contributed by atoms with Gasteiger partial charge in [0.05, 0.1) is 0 Å². The number of hydrogen-bond donors (Lipinski definition) is 1. The smallest absolute Gasteiger partial charge is 0.133 e. The van der Waals surface area contributed by atoms with Crippen molar-refractivity contribution < 1.29 is 9.90 Å². The number of carbonyl (C=O) groups excluding carboxylic acids is 1. The summed E-state index contributed by atoms with van der Waals surface area (Å²) in [4.78, 5) is 11.0. The van der Waals surface area contributed by atoms with Crippen LogP contribution in [-0.2, 0) is 4.79 Å². The fourth-order valence-electron chi connectivity index (χ4n) is 1.10. The maximum absolute atomic E-state index is 11.0. The predicted octanol–water partition coefficient (Wildman–Crippen LogP) is 1.93. The van der Waals surface area contributed by atoms with Gasteiger partial charge in [-0.2, -0.15) is 0 Å². The zero-order valence-electron chi connectivity index (χ0n) is 7.97. The Hall–Kier alpha value is -0.630. The summed E-state index contributed by atoms with van der Waals surface area (Å²) in [5.74, 6) is 0.126. The molecule has 0 aromatic rings. The fraction of sp³-hybridized carbons (Fsp3) is 0.700. The zero-order valence-corrected chi connectivity index (χ0v) is 7.97. The first-order chi connectivity index (χ1) is 5.61. The summed E-state index contributed by atoms with van der Waals surface area (Å²) < 4.78 is 0. The highest BCUT2D eigenvalue weighted by Gasteiger charge is 2.13. The lowest BCUT2D eigenvalue weighted by molar-refractivity contribution is -0.121. The third kappa shape index (κ3) is 4.29. The summed E-state index contributed by atoms with van der Waals surface area (Å²) in [6.07, 6.45) is 2.20. The lowest BCUT2D eigenvalue weighted by Crippen LogP contribution is -2.13. The van der Waals surface area contributed by atoms with Gasteiger partial charge >= 0.3 is 0 Å². The van der Waals surface area contributed by atoms with Gasteiger partial charge in [0.2, 0.25) is 0 Å². The maximum atomic E-state index is 11.0. The number of Topliss-reactive ketones (excluding diaryl/α,β-unsaturated/α-hetero) is 1. The van der Waals surface area contributed by atoms with Crippen LogP contribution in [0.3, 0.4) is 0 Å². The van der Waals surface area contributed by atoms with E-state index in [1.807, 2.05) is 6.92 Å². The van der Waals surface area contributed by atoms with Crippen LogP contribution in [0.2, 0.25) is 0 Å². The number of ketones is 1. The van der Waals surface area contributed by atoms with Crippen molar-refractivity contribution in [2.24, 2.45) is 5.92 Å². The first-order valence-electron chi connectivity index (χ1n) is 4.39. The Balaban J connectivity index is 3.95. The van der Waals surface area contributed by atoms with Crippen LogP contribution in [-0.4, -0.2) is 17.5 Å². The van der Waals surface area contributed by atoms with Gasteiger partial charge < -0.3 is 5.11 Å². The van der Waals surface area contributed by atoms with E-state index in [9.17, 15) is 4.79 Å². The molecule has 1 atom stereocenters. The largest absolute Gasteiger partial charge is 0.396 e. The van der Waals surface area contributed by atoms with Gasteiger partial charge in [-0.1, -0.05) is 19.1 Å². The Morgan fingerprint density at radius 2 is 2.17 bits per heavy atom. The van der Waals surface area contributed by atoms with Crippen molar-refractivity contribution in [3.05, 3.63) is 12.2 Å². The van der Waals surface area contributed by atoms with Crippen LogP contribution < -0.4 is 0 Å². The first kappa shape index (κ1) is 11.4. The molecule has 0 aromatic carbocycles. The molecule has 0 aliphatic rings. The van der Waals surface area contributed by atoms with Gasteiger partial charge in [-0.3, -0.25) is 4.79 Å². The maximum Gasteiger partial charge on any atom is 0.133 e. The van der Waals surface area contributed by atoms with E-state index in [4.69, 9.17) is 5.11 Å². The van der Waals surface area contributed by atoms with Gasteiger partial charge in [0, 0.05) is 12.5 Å². The number of hydrogen-bond acceptors (Lipinski definition) is 2. The van der Waals surface area contributed by atoms with Crippen molar-refractivity contribution in [2.45, 2.75) is 33.1 Å². The molecule has 0 aliphatic heterocycles. The van der Waals surface area contributed by atoms with E-state index in [0.717, 1.165) is 18.4 Å². The van der Waals surface area contributed by atoms with E-state index in [2.05, 4.69) is 6.58 Å². The van der Waals surface area contributed by atoms with Crippen molar-refractivity contribution in [3.63, 3.8) is 0 Å². The molecule has 2 heteroatoms. The summed E-state index contributed by atoms with van der Waals surface area (Å²) in [5.41, 5.74) is 1.09. The molecule has 70 valence electrons. The number of carbonyl (C=O) groups is 1. The number of rotatable bonds is 6. The van der Waals surface area contributed by atoms with Crippen LogP contribution >= 0.6 is 0 Å². The molecule has 0 radical (unpaired) electrons. The van der Waals surface area contributed by atoms with Crippen LogP contribution in [0.25, 0.3) is 0 Å². The van der Waals surface area contributed by atoms with Crippen molar-refractivity contribution in [2.75, 3.05) is 6.61 Å². The lowest BCUT2D eigenvalue weighted by atomic mass is 9.93. The molecule has 0 rings (SSSR count). The van der Waals surface area contributed by atoms with E-state index in [1.165, 1.54) is 0 Å². The molecular weight excluding hydrogens is 152 g/mol. The summed E-state index contributed by atoms with van der Waals surface area (Å²) in [7, 11) is 0. The van der Waals surface area contributed by atoms with Crippen molar-refractivity contribution >= 4 is 5.78 Å². The van der Waals surface area contributed by atoms with Crippen molar-refractivity contribution in [1.82, 2.24) is 0 Å². The van der Waals surface area contributed by atoms with Gasteiger partial charge in [-0.15, -0.1) is 0 Å². The molecule has 1 unspecified atom stereocenters. The minimum Gasteiger partial charge on any atom is -0.396 e. The van der Waals surface area contributed by atoms with E-state index < -0.39 is 0 Å². The monoisotopic (exact) mass is 170 g/mol. The lowest BCUT2D eigenvalue weighted by Gasteiger charge is -2.12. The zero-order chi connectivity index (χ0) is 9.56. The van der Waals surface area contributed by atoms with Gasteiger partial charge in [-0.25, -0.2) is 0 Å². The van der Waals surface area contributed by atoms with Crippen LogP contribution in [0.1, 0.15) is 33.1 Å². The van der Waals surface area contributed by atoms with Gasteiger partial charge in [-0.05, 0) is 26.2 Å². The van der Waals surface area contributed by atoms with Crippen LogP contribution in [0.4, 0.5) is 0 Å². The Morgan fingerprint density at radius 1 is 1.58 bits per heavy atom. The molecule has 0 saturated heterocycles. The van der Waals surface area contributed by atoms with Crippen molar-refractivity contribution in [1.29, 1.82) is 0 Å². The molecule has 0 saturated carbocycles. The summed E-state index contributed by atoms with van der Waals surface area (Å²) in [6.45, 7) is 7.53. The molecule has 0 heterocycles. The van der Waals surface area contributed by atoms with Gasteiger partial charge in [0.25, 0.3) is 0 Å². The summed E-state index contributed by atoms with van der Waals surface area (Å²) in [6, 6.07) is 0.